The van der Waals surface area contributed by atoms with E-state index in [4.69, 9.17) is 11.6 Å². The zero-order valence-corrected chi connectivity index (χ0v) is 20.6. The van der Waals surface area contributed by atoms with Crippen LogP contribution in [0, 0.1) is 0 Å². The zero-order chi connectivity index (χ0) is 24.8. The summed E-state index contributed by atoms with van der Waals surface area (Å²) in [5.41, 5.74) is 1.12. The monoisotopic (exact) mass is 493 g/mol. The van der Waals surface area contributed by atoms with Gasteiger partial charge in [0.2, 0.25) is 21.8 Å². The second kappa shape index (κ2) is 11.3. The van der Waals surface area contributed by atoms with Gasteiger partial charge in [0.15, 0.2) is 5.78 Å². The summed E-state index contributed by atoms with van der Waals surface area (Å²) < 4.78 is 26.0. The number of sulfonamides is 1. The second-order valence-corrected chi connectivity index (χ2v) is 9.87. The largest absolute Gasteiger partial charge is 0.355 e. The van der Waals surface area contributed by atoms with Crippen molar-refractivity contribution in [3.63, 3.8) is 0 Å². The summed E-state index contributed by atoms with van der Waals surface area (Å²) in [6.07, 6.45) is 0.979. The van der Waals surface area contributed by atoms with Gasteiger partial charge in [-0.3, -0.25) is 18.7 Å². The third kappa shape index (κ3) is 7.03. The van der Waals surface area contributed by atoms with Crippen molar-refractivity contribution < 1.29 is 22.8 Å². The molecule has 0 aliphatic heterocycles. The first-order chi connectivity index (χ1) is 15.5. The van der Waals surface area contributed by atoms with Crippen LogP contribution in [0.25, 0.3) is 0 Å². The molecule has 2 aromatic carbocycles. The minimum Gasteiger partial charge on any atom is -0.355 e. The van der Waals surface area contributed by atoms with E-state index in [1.54, 1.807) is 50.2 Å². The van der Waals surface area contributed by atoms with E-state index in [1.165, 1.54) is 24.0 Å². The highest BCUT2D eigenvalue weighted by Gasteiger charge is 2.30. The van der Waals surface area contributed by atoms with Crippen LogP contribution in [-0.4, -0.2) is 56.3 Å². The number of Topliss-reactive ketones (excluding diaryl/α,β-unsaturated/α-hetero) is 1. The quantitative estimate of drug-likeness (QED) is 0.512. The molecule has 1 atom stereocenters. The number of likely N-dealkylation sites (N-methyl/N-ethyl adjacent to an activating group) is 1. The van der Waals surface area contributed by atoms with E-state index in [2.05, 4.69) is 5.32 Å². The van der Waals surface area contributed by atoms with Crippen LogP contribution in [0.2, 0.25) is 5.02 Å². The van der Waals surface area contributed by atoms with Crippen molar-refractivity contribution in [2.75, 3.05) is 23.7 Å². The van der Waals surface area contributed by atoms with Crippen molar-refractivity contribution in [2.24, 2.45) is 0 Å². The van der Waals surface area contributed by atoms with Gasteiger partial charge in [0, 0.05) is 23.7 Å². The van der Waals surface area contributed by atoms with Crippen molar-refractivity contribution in [1.29, 1.82) is 0 Å². The Bertz CT molecular complexity index is 1140. The Kier molecular flexibility index (Phi) is 9.01. The summed E-state index contributed by atoms with van der Waals surface area (Å²) in [5, 5.41) is 3.10. The van der Waals surface area contributed by atoms with Crippen LogP contribution < -0.4 is 9.62 Å². The lowest BCUT2D eigenvalue weighted by molar-refractivity contribution is -0.139. The fourth-order valence-corrected chi connectivity index (χ4v) is 4.25. The van der Waals surface area contributed by atoms with Gasteiger partial charge in [-0.2, -0.15) is 0 Å². The van der Waals surface area contributed by atoms with Crippen LogP contribution in [0.4, 0.5) is 5.69 Å². The number of hydrogen-bond donors (Lipinski definition) is 1. The van der Waals surface area contributed by atoms with Gasteiger partial charge in [-0.05, 0) is 44.5 Å². The number of nitrogens with zero attached hydrogens (tertiary/aromatic N) is 2. The van der Waals surface area contributed by atoms with E-state index in [0.717, 1.165) is 10.6 Å². The fourth-order valence-electron chi connectivity index (χ4n) is 3.21. The maximum Gasteiger partial charge on any atom is 0.244 e. The Morgan fingerprint density at radius 2 is 1.76 bits per heavy atom. The van der Waals surface area contributed by atoms with Gasteiger partial charge in [-0.15, -0.1) is 0 Å². The molecular formula is C23H28ClN3O5S. The van der Waals surface area contributed by atoms with Crippen molar-refractivity contribution in [3.05, 3.63) is 64.7 Å². The van der Waals surface area contributed by atoms with E-state index in [9.17, 15) is 22.8 Å². The minimum atomic E-state index is -3.88. The highest BCUT2D eigenvalue weighted by molar-refractivity contribution is 7.92. The highest BCUT2D eigenvalue weighted by Crippen LogP contribution is 2.22. The number of amides is 2. The lowest BCUT2D eigenvalue weighted by atomic mass is 10.1. The molecule has 33 heavy (non-hydrogen) atoms. The molecule has 0 unspecified atom stereocenters. The molecular weight excluding hydrogens is 466 g/mol. The predicted molar refractivity (Wildman–Crippen MR) is 129 cm³/mol. The van der Waals surface area contributed by atoms with E-state index < -0.39 is 28.5 Å². The SMILES string of the molecule is CCNC(=O)[C@@H](C)N(Cc1ccccc1Cl)C(=O)CN(c1cccc(C(C)=O)c1)S(C)(=O)=O. The maximum absolute atomic E-state index is 13.4. The molecule has 0 fully saturated rings. The van der Waals surface area contributed by atoms with Crippen molar-refractivity contribution in [3.8, 4) is 0 Å². The highest BCUT2D eigenvalue weighted by atomic mass is 35.5. The average Bonchev–Trinajstić information content (AvgIpc) is 2.75. The van der Waals surface area contributed by atoms with Crippen molar-refractivity contribution in [1.82, 2.24) is 10.2 Å². The van der Waals surface area contributed by atoms with Crippen LogP contribution in [0.3, 0.4) is 0 Å². The van der Waals surface area contributed by atoms with Crippen LogP contribution >= 0.6 is 11.6 Å². The van der Waals surface area contributed by atoms with Crippen molar-refractivity contribution in [2.45, 2.75) is 33.4 Å². The number of carbonyl (C=O) groups excluding carboxylic acids is 3. The second-order valence-electron chi connectivity index (χ2n) is 7.56. The summed E-state index contributed by atoms with van der Waals surface area (Å²) in [6.45, 7) is 4.55. The number of benzene rings is 2. The number of nitrogens with one attached hydrogen (secondary N) is 1. The lowest BCUT2D eigenvalue weighted by Crippen LogP contribution is -2.51. The molecule has 0 saturated heterocycles. The normalized spacial score (nSPS) is 12.0. The molecule has 0 aliphatic rings. The Labute approximate surface area is 199 Å². The number of ketones is 1. The Hall–Kier alpha value is -2.91. The van der Waals surface area contributed by atoms with Crippen LogP contribution in [0.5, 0.6) is 0 Å². The van der Waals surface area contributed by atoms with Gasteiger partial charge in [-0.1, -0.05) is 41.9 Å². The Balaban J connectivity index is 2.44. The number of rotatable bonds is 10. The molecule has 0 aliphatic carbocycles. The van der Waals surface area contributed by atoms with Gasteiger partial charge < -0.3 is 10.2 Å². The number of carbonyl (C=O) groups is 3. The smallest absolute Gasteiger partial charge is 0.244 e. The third-order valence-electron chi connectivity index (χ3n) is 5.04. The molecule has 0 saturated carbocycles. The topological polar surface area (TPSA) is 104 Å². The molecule has 0 bridgehead atoms. The summed E-state index contributed by atoms with van der Waals surface area (Å²) >= 11 is 6.26. The first-order valence-electron chi connectivity index (χ1n) is 10.3. The number of hydrogen-bond acceptors (Lipinski definition) is 5. The molecule has 0 heterocycles. The molecule has 2 amide bonds. The molecule has 1 N–H and O–H groups in total. The van der Waals surface area contributed by atoms with Gasteiger partial charge in [0.1, 0.15) is 12.6 Å². The molecule has 8 nitrogen and oxygen atoms in total. The molecule has 10 heteroatoms. The summed E-state index contributed by atoms with van der Waals surface area (Å²) in [7, 11) is -3.88. The summed E-state index contributed by atoms with van der Waals surface area (Å²) in [6, 6.07) is 12.1. The fraction of sp³-hybridized carbons (Fsp3) is 0.348. The van der Waals surface area contributed by atoms with E-state index >= 15 is 0 Å². The number of halogens is 1. The molecule has 2 aromatic rings. The lowest BCUT2D eigenvalue weighted by Gasteiger charge is -2.31. The van der Waals surface area contributed by atoms with E-state index in [1.807, 2.05) is 0 Å². The average molecular weight is 494 g/mol. The molecule has 0 spiro atoms. The first kappa shape index (κ1) is 26.3. The standard InChI is InChI=1S/C23H28ClN3O5S/c1-5-25-23(30)16(2)26(14-19-9-6-7-12-21(19)24)22(29)15-27(33(4,31)32)20-11-8-10-18(13-20)17(3)28/h6-13,16H,5,14-15H2,1-4H3,(H,25,30)/t16-/m1/s1. The maximum atomic E-state index is 13.4. The first-order valence-corrected chi connectivity index (χ1v) is 12.6. The molecule has 0 radical (unpaired) electrons. The molecule has 2 rings (SSSR count). The van der Waals surface area contributed by atoms with Crippen LogP contribution in [-0.2, 0) is 26.2 Å². The van der Waals surface area contributed by atoms with E-state index in [-0.39, 0.29) is 23.9 Å². The van der Waals surface area contributed by atoms with Gasteiger partial charge in [0.05, 0.1) is 11.9 Å². The molecule has 0 aromatic heterocycles. The van der Waals surface area contributed by atoms with Crippen LogP contribution in [0.15, 0.2) is 48.5 Å². The van der Waals surface area contributed by atoms with E-state index in [0.29, 0.717) is 22.7 Å². The Morgan fingerprint density at radius 3 is 2.33 bits per heavy atom. The summed E-state index contributed by atoms with van der Waals surface area (Å²) in [5.74, 6) is -1.20. The van der Waals surface area contributed by atoms with Gasteiger partial charge >= 0.3 is 0 Å². The summed E-state index contributed by atoms with van der Waals surface area (Å²) in [4.78, 5) is 39.0. The van der Waals surface area contributed by atoms with Crippen molar-refractivity contribution >= 4 is 44.9 Å². The molecule has 178 valence electrons. The zero-order valence-electron chi connectivity index (χ0n) is 19.0. The minimum absolute atomic E-state index is 0.0158. The van der Waals surface area contributed by atoms with Gasteiger partial charge in [-0.25, -0.2) is 8.42 Å². The van der Waals surface area contributed by atoms with Crippen LogP contribution in [0.1, 0.15) is 36.7 Å². The number of anilines is 1. The third-order valence-corrected chi connectivity index (χ3v) is 6.55. The van der Waals surface area contributed by atoms with Gasteiger partial charge in [0.25, 0.3) is 0 Å². The Morgan fingerprint density at radius 1 is 1.09 bits per heavy atom. The predicted octanol–water partition coefficient (Wildman–Crippen LogP) is 2.86.